The molecule has 33 heavy (non-hydrogen) atoms. The Balaban J connectivity index is 1.52. The third-order valence-electron chi connectivity index (χ3n) is 6.06. The van der Waals surface area contributed by atoms with Gasteiger partial charge in [-0.1, -0.05) is 36.4 Å². The Morgan fingerprint density at radius 3 is 2.12 bits per heavy atom. The van der Waals surface area contributed by atoms with E-state index in [0.717, 1.165) is 32.9 Å². The van der Waals surface area contributed by atoms with Gasteiger partial charge in [0.05, 0.1) is 5.54 Å². The molecule has 4 rings (SSSR count). The Bertz CT molecular complexity index is 1280. The van der Waals surface area contributed by atoms with Gasteiger partial charge in [-0.3, -0.25) is 9.59 Å². The van der Waals surface area contributed by atoms with Gasteiger partial charge in [-0.25, -0.2) is 0 Å². The summed E-state index contributed by atoms with van der Waals surface area (Å²) in [7, 11) is 1.78. The standard InChI is InChI=1S/C26H31N5O2/c1-26(2,27)25(33)30-23(14-18-16-29-22-11-7-5-9-20(18)22)24(32)31(3)13-12-17-15-28-21-10-6-4-8-19(17)21/h4-11,15-16,23,28-29H,12-14,27H2,1-3H3,(H,30,33)/t23-/m1/s1. The van der Waals surface area contributed by atoms with Crippen LogP contribution in [0.3, 0.4) is 0 Å². The monoisotopic (exact) mass is 445 g/mol. The fourth-order valence-electron chi connectivity index (χ4n) is 4.07. The lowest BCUT2D eigenvalue weighted by Gasteiger charge is -2.27. The maximum Gasteiger partial charge on any atom is 0.245 e. The van der Waals surface area contributed by atoms with E-state index < -0.39 is 11.6 Å². The number of likely N-dealkylation sites (N-methyl/N-ethyl adjacent to an activating group) is 1. The molecule has 0 aliphatic carbocycles. The number of aromatic nitrogens is 2. The zero-order valence-corrected chi connectivity index (χ0v) is 19.3. The Kier molecular flexibility index (Phi) is 6.24. The fourth-order valence-corrected chi connectivity index (χ4v) is 4.07. The third kappa shape index (κ3) is 4.93. The van der Waals surface area contributed by atoms with Gasteiger partial charge in [0, 0.05) is 54.2 Å². The number of nitrogens with two attached hydrogens (primary N) is 1. The molecule has 0 saturated heterocycles. The second kappa shape index (κ2) is 9.11. The number of carbonyl (C=O) groups is 2. The number of aromatic amines is 2. The summed E-state index contributed by atoms with van der Waals surface area (Å²) in [5.41, 5.74) is 9.13. The molecule has 0 fully saturated rings. The van der Waals surface area contributed by atoms with Crippen molar-refractivity contribution < 1.29 is 9.59 Å². The minimum atomic E-state index is -1.08. The smallest absolute Gasteiger partial charge is 0.245 e. The average Bonchev–Trinajstić information content (AvgIpc) is 3.40. The summed E-state index contributed by atoms with van der Waals surface area (Å²) in [5.74, 6) is -0.497. The molecule has 172 valence electrons. The maximum atomic E-state index is 13.4. The Hall–Kier alpha value is -3.58. The molecule has 0 aliphatic heterocycles. The third-order valence-corrected chi connectivity index (χ3v) is 6.06. The van der Waals surface area contributed by atoms with E-state index in [9.17, 15) is 9.59 Å². The first-order valence-corrected chi connectivity index (χ1v) is 11.2. The highest BCUT2D eigenvalue weighted by Crippen LogP contribution is 2.21. The highest BCUT2D eigenvalue weighted by atomic mass is 16.2. The Morgan fingerprint density at radius 2 is 1.52 bits per heavy atom. The molecule has 0 unspecified atom stereocenters. The van der Waals surface area contributed by atoms with E-state index in [1.54, 1.807) is 25.8 Å². The van der Waals surface area contributed by atoms with Gasteiger partial charge in [0.1, 0.15) is 6.04 Å². The van der Waals surface area contributed by atoms with E-state index in [4.69, 9.17) is 5.73 Å². The van der Waals surface area contributed by atoms with Crippen LogP contribution in [0.5, 0.6) is 0 Å². The number of amides is 2. The lowest BCUT2D eigenvalue weighted by Crippen LogP contribution is -2.56. The molecule has 2 aromatic carbocycles. The Morgan fingerprint density at radius 1 is 0.970 bits per heavy atom. The van der Waals surface area contributed by atoms with Crippen molar-refractivity contribution in [3.63, 3.8) is 0 Å². The number of benzene rings is 2. The van der Waals surface area contributed by atoms with Gasteiger partial charge in [0.25, 0.3) is 0 Å². The van der Waals surface area contributed by atoms with E-state index >= 15 is 0 Å². The molecule has 0 saturated carbocycles. The summed E-state index contributed by atoms with van der Waals surface area (Å²) in [4.78, 5) is 34.3. The highest BCUT2D eigenvalue weighted by Gasteiger charge is 2.30. The van der Waals surface area contributed by atoms with Crippen molar-refractivity contribution in [2.75, 3.05) is 13.6 Å². The van der Waals surface area contributed by atoms with Crippen molar-refractivity contribution in [1.29, 1.82) is 0 Å². The second-order valence-electron chi connectivity index (χ2n) is 9.18. The van der Waals surface area contributed by atoms with Gasteiger partial charge >= 0.3 is 0 Å². The first-order chi connectivity index (χ1) is 15.7. The van der Waals surface area contributed by atoms with Crippen LogP contribution in [0, 0.1) is 0 Å². The lowest BCUT2D eigenvalue weighted by molar-refractivity contribution is -0.136. The van der Waals surface area contributed by atoms with Crippen LogP contribution < -0.4 is 11.1 Å². The zero-order chi connectivity index (χ0) is 23.6. The minimum Gasteiger partial charge on any atom is -0.361 e. The van der Waals surface area contributed by atoms with Crippen LogP contribution in [0.15, 0.2) is 60.9 Å². The van der Waals surface area contributed by atoms with Crippen LogP contribution >= 0.6 is 0 Å². The number of para-hydroxylation sites is 2. The number of fused-ring (bicyclic) bond motifs is 2. The molecule has 5 N–H and O–H groups in total. The first-order valence-electron chi connectivity index (χ1n) is 11.2. The highest BCUT2D eigenvalue weighted by molar-refractivity contribution is 5.92. The van der Waals surface area contributed by atoms with Gasteiger partial charge in [-0.2, -0.15) is 0 Å². The van der Waals surface area contributed by atoms with Crippen molar-refractivity contribution in [3.05, 3.63) is 72.1 Å². The number of H-pyrrole nitrogens is 2. The van der Waals surface area contributed by atoms with Crippen molar-refractivity contribution in [3.8, 4) is 0 Å². The molecule has 2 aromatic heterocycles. The van der Waals surface area contributed by atoms with Crippen LogP contribution in [0.25, 0.3) is 21.8 Å². The summed E-state index contributed by atoms with van der Waals surface area (Å²) >= 11 is 0. The van der Waals surface area contributed by atoms with Crippen LogP contribution in [0.2, 0.25) is 0 Å². The van der Waals surface area contributed by atoms with Crippen LogP contribution in [0.1, 0.15) is 25.0 Å². The first kappa shape index (κ1) is 22.6. The number of hydrogen-bond acceptors (Lipinski definition) is 3. The van der Waals surface area contributed by atoms with Gasteiger partial charge in [0.15, 0.2) is 0 Å². The summed E-state index contributed by atoms with van der Waals surface area (Å²) in [6.07, 6.45) is 4.98. The van der Waals surface area contributed by atoms with Crippen LogP contribution in [0.4, 0.5) is 0 Å². The van der Waals surface area contributed by atoms with E-state index in [1.807, 2.05) is 54.9 Å². The predicted molar refractivity (Wildman–Crippen MR) is 132 cm³/mol. The van der Waals surface area contributed by atoms with Crippen molar-refractivity contribution >= 4 is 33.6 Å². The number of rotatable bonds is 8. The molecule has 0 aliphatic rings. The molecular formula is C26H31N5O2. The summed E-state index contributed by atoms with van der Waals surface area (Å²) < 4.78 is 0. The number of hydrogen-bond donors (Lipinski definition) is 4. The van der Waals surface area contributed by atoms with Crippen LogP contribution in [-0.2, 0) is 22.4 Å². The largest absolute Gasteiger partial charge is 0.361 e. The molecule has 7 heteroatoms. The summed E-state index contributed by atoms with van der Waals surface area (Å²) in [6.45, 7) is 3.81. The van der Waals surface area contributed by atoms with E-state index in [-0.39, 0.29) is 11.8 Å². The molecule has 7 nitrogen and oxygen atoms in total. The van der Waals surface area contributed by atoms with E-state index in [0.29, 0.717) is 19.4 Å². The molecule has 0 bridgehead atoms. The molecule has 2 amide bonds. The molecule has 4 aromatic rings. The molecule has 1 atom stereocenters. The Labute approximate surface area is 193 Å². The maximum absolute atomic E-state index is 13.4. The average molecular weight is 446 g/mol. The quantitative estimate of drug-likeness (QED) is 0.335. The molecular weight excluding hydrogens is 414 g/mol. The lowest BCUT2D eigenvalue weighted by atomic mass is 10.0. The van der Waals surface area contributed by atoms with Crippen LogP contribution in [-0.4, -0.2) is 51.9 Å². The fraction of sp³-hybridized carbons (Fsp3) is 0.308. The number of nitrogens with one attached hydrogen (secondary N) is 3. The van der Waals surface area contributed by atoms with Gasteiger partial charge in [0.2, 0.25) is 11.8 Å². The molecule has 0 radical (unpaired) electrons. The SMILES string of the molecule is CN(CCc1c[nH]c2ccccc12)C(=O)[C@@H](Cc1c[nH]c2ccccc12)NC(=O)C(C)(C)N. The normalized spacial score (nSPS) is 12.7. The number of nitrogens with zero attached hydrogens (tertiary/aromatic N) is 1. The second-order valence-corrected chi connectivity index (χ2v) is 9.18. The van der Waals surface area contributed by atoms with E-state index in [1.165, 1.54) is 0 Å². The van der Waals surface area contributed by atoms with Gasteiger partial charge in [-0.15, -0.1) is 0 Å². The van der Waals surface area contributed by atoms with E-state index in [2.05, 4.69) is 21.4 Å². The van der Waals surface area contributed by atoms with Crippen molar-refractivity contribution in [2.45, 2.75) is 38.3 Å². The summed E-state index contributed by atoms with van der Waals surface area (Å²) in [5, 5.41) is 5.09. The van der Waals surface area contributed by atoms with Crippen molar-refractivity contribution in [1.82, 2.24) is 20.2 Å². The zero-order valence-electron chi connectivity index (χ0n) is 19.3. The van der Waals surface area contributed by atoms with Gasteiger partial charge < -0.3 is 25.9 Å². The topological polar surface area (TPSA) is 107 Å². The van der Waals surface area contributed by atoms with Crippen molar-refractivity contribution in [2.24, 2.45) is 5.73 Å². The minimum absolute atomic E-state index is 0.141. The molecule has 2 heterocycles. The number of carbonyl (C=O) groups excluding carboxylic acids is 2. The predicted octanol–water partition coefficient (Wildman–Crippen LogP) is 3.11. The molecule has 0 spiro atoms. The summed E-state index contributed by atoms with van der Waals surface area (Å²) in [6, 6.07) is 15.3. The van der Waals surface area contributed by atoms with Gasteiger partial charge in [-0.05, 0) is 43.5 Å².